The highest BCUT2D eigenvalue weighted by Crippen LogP contribution is 2.23. The van der Waals surface area contributed by atoms with Gasteiger partial charge in [-0.15, -0.1) is 0 Å². The number of hydrogen-bond acceptors (Lipinski definition) is 4. The molecule has 2 aliphatic heterocycles. The van der Waals surface area contributed by atoms with E-state index in [1.165, 1.54) is 6.42 Å². The monoisotopic (exact) mass is 387 g/mol. The lowest BCUT2D eigenvalue weighted by molar-refractivity contribution is -0.139. The lowest BCUT2D eigenvalue weighted by Gasteiger charge is -2.38. The van der Waals surface area contributed by atoms with Gasteiger partial charge in [-0.2, -0.15) is 0 Å². The Morgan fingerprint density at radius 1 is 1.04 bits per heavy atom. The minimum atomic E-state index is 0.0302. The van der Waals surface area contributed by atoms with E-state index >= 15 is 0 Å². The summed E-state index contributed by atoms with van der Waals surface area (Å²) >= 11 is 0. The van der Waals surface area contributed by atoms with Crippen molar-refractivity contribution in [1.82, 2.24) is 9.80 Å². The van der Waals surface area contributed by atoms with Crippen LogP contribution in [0.25, 0.3) is 0 Å². The highest BCUT2D eigenvalue weighted by atomic mass is 16.5. The molecule has 2 saturated heterocycles. The van der Waals surface area contributed by atoms with E-state index in [0.717, 1.165) is 38.8 Å². The van der Waals surface area contributed by atoms with E-state index in [-0.39, 0.29) is 30.5 Å². The number of carbonyl (C=O) groups excluding carboxylic acids is 2. The maximum Gasteiger partial charge on any atom is 0.260 e. The number of ether oxygens (including phenoxy) is 1. The molecule has 6 heteroatoms. The van der Waals surface area contributed by atoms with Crippen LogP contribution in [0.4, 0.5) is 0 Å². The first-order chi connectivity index (χ1) is 13.5. The first-order valence-corrected chi connectivity index (χ1v) is 10.5. The average Bonchev–Trinajstić information content (AvgIpc) is 2.72. The summed E-state index contributed by atoms with van der Waals surface area (Å²) in [5.74, 6) is 1.23. The van der Waals surface area contributed by atoms with Crippen molar-refractivity contribution in [3.05, 3.63) is 29.8 Å². The molecule has 0 bridgehead atoms. The van der Waals surface area contributed by atoms with Gasteiger partial charge in [0.25, 0.3) is 11.8 Å². The van der Waals surface area contributed by atoms with Crippen molar-refractivity contribution in [2.75, 3.05) is 26.2 Å². The second-order valence-corrected chi connectivity index (χ2v) is 8.21. The lowest BCUT2D eigenvalue weighted by atomic mass is 9.96. The number of benzene rings is 1. The maximum atomic E-state index is 12.6. The Hall–Kier alpha value is -2.08. The van der Waals surface area contributed by atoms with E-state index in [1.807, 2.05) is 9.80 Å². The quantitative estimate of drug-likeness (QED) is 0.843. The zero-order valence-corrected chi connectivity index (χ0v) is 17.1. The van der Waals surface area contributed by atoms with Gasteiger partial charge >= 0.3 is 0 Å². The minimum absolute atomic E-state index is 0.0302. The molecule has 0 spiro atoms. The van der Waals surface area contributed by atoms with Gasteiger partial charge in [-0.3, -0.25) is 9.59 Å². The van der Waals surface area contributed by atoms with Gasteiger partial charge in [-0.05, 0) is 82.7 Å². The predicted octanol–water partition coefficient (Wildman–Crippen LogP) is 2.67. The number of hydrogen-bond donors (Lipinski definition) is 1. The summed E-state index contributed by atoms with van der Waals surface area (Å²) in [4.78, 5) is 29.0. The molecular formula is C22H33N3O3. The van der Waals surface area contributed by atoms with Crippen molar-refractivity contribution < 1.29 is 14.3 Å². The van der Waals surface area contributed by atoms with Crippen LogP contribution in [0.5, 0.6) is 5.75 Å². The first kappa shape index (κ1) is 20.6. The Labute approximate surface area is 168 Å². The molecule has 1 aromatic carbocycles. The van der Waals surface area contributed by atoms with Crippen LogP contribution in [0.1, 0.15) is 56.3 Å². The SMILES string of the molecule is CC1CCCC(C)N1C(=O)COc1ccc(C(=O)N2CCC(CN)CC2)cc1. The molecule has 0 radical (unpaired) electrons. The van der Waals surface area contributed by atoms with E-state index in [1.54, 1.807) is 24.3 Å². The zero-order valence-electron chi connectivity index (χ0n) is 17.1. The van der Waals surface area contributed by atoms with Crippen LogP contribution in [-0.2, 0) is 4.79 Å². The van der Waals surface area contributed by atoms with Crippen molar-refractivity contribution in [3.8, 4) is 5.75 Å². The van der Waals surface area contributed by atoms with Crippen LogP contribution in [0.15, 0.2) is 24.3 Å². The highest BCUT2D eigenvalue weighted by Gasteiger charge is 2.29. The molecule has 2 aliphatic rings. The summed E-state index contributed by atoms with van der Waals surface area (Å²) < 4.78 is 5.70. The van der Waals surface area contributed by atoms with Gasteiger partial charge in [0.2, 0.25) is 0 Å². The fourth-order valence-corrected chi connectivity index (χ4v) is 4.38. The largest absolute Gasteiger partial charge is 0.484 e. The number of likely N-dealkylation sites (tertiary alicyclic amines) is 2. The topological polar surface area (TPSA) is 75.9 Å². The van der Waals surface area contributed by atoms with Crippen LogP contribution in [0.2, 0.25) is 0 Å². The Balaban J connectivity index is 1.51. The van der Waals surface area contributed by atoms with Crippen molar-refractivity contribution >= 4 is 11.8 Å². The molecule has 2 unspecified atom stereocenters. The van der Waals surface area contributed by atoms with Gasteiger partial charge in [-0.25, -0.2) is 0 Å². The minimum Gasteiger partial charge on any atom is -0.484 e. The summed E-state index contributed by atoms with van der Waals surface area (Å²) in [5, 5.41) is 0. The van der Waals surface area contributed by atoms with Crippen molar-refractivity contribution in [3.63, 3.8) is 0 Å². The van der Waals surface area contributed by atoms with Gasteiger partial charge in [0, 0.05) is 30.7 Å². The Morgan fingerprint density at radius 2 is 1.64 bits per heavy atom. The van der Waals surface area contributed by atoms with Crippen molar-refractivity contribution in [2.45, 2.75) is 58.0 Å². The van der Waals surface area contributed by atoms with E-state index in [2.05, 4.69) is 13.8 Å². The van der Waals surface area contributed by atoms with Gasteiger partial charge in [-0.1, -0.05) is 0 Å². The summed E-state index contributed by atoms with van der Waals surface area (Å²) in [5.41, 5.74) is 6.38. The third-order valence-corrected chi connectivity index (χ3v) is 6.18. The molecule has 2 atom stereocenters. The van der Waals surface area contributed by atoms with E-state index in [0.29, 0.717) is 23.8 Å². The number of carbonyl (C=O) groups is 2. The summed E-state index contributed by atoms with van der Waals surface area (Å²) in [6.45, 7) is 6.46. The molecule has 28 heavy (non-hydrogen) atoms. The highest BCUT2D eigenvalue weighted by molar-refractivity contribution is 5.94. The van der Waals surface area contributed by atoms with Crippen LogP contribution in [-0.4, -0.2) is 59.9 Å². The Bertz CT molecular complexity index is 658. The molecule has 0 aliphatic carbocycles. The zero-order chi connectivity index (χ0) is 20.1. The fraction of sp³-hybridized carbons (Fsp3) is 0.636. The number of piperidine rings is 2. The summed E-state index contributed by atoms with van der Waals surface area (Å²) in [6.07, 6.45) is 5.22. The van der Waals surface area contributed by atoms with Crippen molar-refractivity contribution in [1.29, 1.82) is 0 Å². The van der Waals surface area contributed by atoms with Crippen LogP contribution >= 0.6 is 0 Å². The Morgan fingerprint density at radius 3 is 2.21 bits per heavy atom. The molecule has 2 amide bonds. The first-order valence-electron chi connectivity index (χ1n) is 10.5. The van der Waals surface area contributed by atoms with E-state index in [9.17, 15) is 9.59 Å². The molecule has 2 N–H and O–H groups in total. The second-order valence-electron chi connectivity index (χ2n) is 8.21. The fourth-order valence-electron chi connectivity index (χ4n) is 4.38. The third-order valence-electron chi connectivity index (χ3n) is 6.18. The number of nitrogens with zero attached hydrogens (tertiary/aromatic N) is 2. The van der Waals surface area contributed by atoms with Crippen LogP contribution < -0.4 is 10.5 Å². The molecule has 2 fully saturated rings. The predicted molar refractivity (Wildman–Crippen MR) is 109 cm³/mol. The standard InChI is InChI=1S/C22H33N3O3/c1-16-4-3-5-17(2)25(16)21(26)15-28-20-8-6-19(7-9-20)22(27)24-12-10-18(14-23)11-13-24/h6-9,16-18H,3-5,10-15,23H2,1-2H3. The van der Waals surface area contributed by atoms with Crippen LogP contribution in [0, 0.1) is 5.92 Å². The molecule has 2 heterocycles. The van der Waals surface area contributed by atoms with E-state index in [4.69, 9.17) is 10.5 Å². The van der Waals surface area contributed by atoms with Crippen LogP contribution in [0.3, 0.4) is 0 Å². The number of nitrogens with two attached hydrogens (primary N) is 1. The van der Waals surface area contributed by atoms with Gasteiger partial charge in [0.15, 0.2) is 6.61 Å². The maximum absolute atomic E-state index is 12.6. The normalized spacial score (nSPS) is 23.5. The summed E-state index contributed by atoms with van der Waals surface area (Å²) in [6, 6.07) is 7.64. The lowest BCUT2D eigenvalue weighted by Crippen LogP contribution is -2.49. The van der Waals surface area contributed by atoms with E-state index < -0.39 is 0 Å². The third kappa shape index (κ3) is 4.85. The number of amides is 2. The molecule has 3 rings (SSSR count). The van der Waals surface area contributed by atoms with Gasteiger partial charge in [0.05, 0.1) is 0 Å². The average molecular weight is 388 g/mol. The molecule has 6 nitrogen and oxygen atoms in total. The number of rotatable bonds is 5. The summed E-state index contributed by atoms with van der Waals surface area (Å²) in [7, 11) is 0. The second kappa shape index (κ2) is 9.41. The Kier molecular flexibility index (Phi) is 6.94. The van der Waals surface area contributed by atoms with Gasteiger partial charge < -0.3 is 20.3 Å². The molecule has 0 aromatic heterocycles. The molecule has 0 saturated carbocycles. The van der Waals surface area contributed by atoms with Crippen molar-refractivity contribution in [2.24, 2.45) is 11.7 Å². The molecule has 154 valence electrons. The molecule has 1 aromatic rings. The smallest absolute Gasteiger partial charge is 0.260 e. The molecular weight excluding hydrogens is 354 g/mol. The van der Waals surface area contributed by atoms with Gasteiger partial charge in [0.1, 0.15) is 5.75 Å².